The molecule has 0 fully saturated rings. The van der Waals surface area contributed by atoms with E-state index in [2.05, 4.69) is 4.98 Å². The van der Waals surface area contributed by atoms with Crippen molar-refractivity contribution >= 4 is 10.1 Å². The molecule has 0 radical (unpaired) electrons. The number of rotatable bonds is 2. The lowest BCUT2D eigenvalue weighted by Crippen LogP contribution is -1.99. The molecule has 4 nitrogen and oxygen atoms in total. The molecule has 2 aromatic rings. The molecule has 0 saturated carbocycles. The topological polar surface area (TPSA) is 67.3 Å². The normalized spacial score (nSPS) is 10.5. The highest BCUT2D eigenvalue weighted by atomic mass is 32.2. The number of nitrogens with zero attached hydrogens (tertiary/aromatic N) is 1. The molecule has 19 heavy (non-hydrogen) atoms. The molecule has 0 saturated heterocycles. The number of pyridine rings is 1. The van der Waals surface area contributed by atoms with Gasteiger partial charge in [0.25, 0.3) is 10.1 Å². The Morgan fingerprint density at radius 1 is 1.21 bits per heavy atom. The van der Waals surface area contributed by atoms with Crippen LogP contribution < -0.4 is 0 Å². The minimum Gasteiger partial charge on any atom is -0.282 e. The van der Waals surface area contributed by atoms with Crippen LogP contribution in [0.15, 0.2) is 53.7 Å². The van der Waals surface area contributed by atoms with Crippen molar-refractivity contribution < 1.29 is 17.4 Å². The van der Waals surface area contributed by atoms with Gasteiger partial charge in [-0.3, -0.25) is 9.54 Å². The van der Waals surface area contributed by atoms with Crippen LogP contribution in [0.4, 0.5) is 4.39 Å². The van der Waals surface area contributed by atoms with Gasteiger partial charge in [-0.1, -0.05) is 12.1 Å². The second kappa shape index (κ2) is 6.96. The van der Waals surface area contributed by atoms with E-state index in [1.54, 1.807) is 19.3 Å². The third kappa shape index (κ3) is 5.15. The van der Waals surface area contributed by atoms with Crippen molar-refractivity contribution in [3.63, 3.8) is 0 Å². The molecule has 6 heteroatoms. The zero-order valence-electron chi connectivity index (χ0n) is 10.3. The fraction of sp³-hybridized carbons (Fsp3) is 0.154. The van der Waals surface area contributed by atoms with Gasteiger partial charge in [-0.05, 0) is 42.3 Å². The third-order valence-electron chi connectivity index (χ3n) is 2.33. The summed E-state index contributed by atoms with van der Waals surface area (Å²) < 4.78 is 42.2. The molecule has 0 amide bonds. The van der Waals surface area contributed by atoms with Crippen molar-refractivity contribution in [2.24, 2.45) is 0 Å². The van der Waals surface area contributed by atoms with Gasteiger partial charge in [0, 0.05) is 12.4 Å². The number of aromatic nitrogens is 1. The Bertz CT molecular complexity index is 588. The van der Waals surface area contributed by atoms with Crippen LogP contribution in [0.1, 0.15) is 11.1 Å². The van der Waals surface area contributed by atoms with Crippen LogP contribution in [0, 0.1) is 6.92 Å². The van der Waals surface area contributed by atoms with Gasteiger partial charge in [0.15, 0.2) is 0 Å². The molecular formula is C13H14FNO3S. The molecule has 0 atom stereocenters. The zero-order valence-corrected chi connectivity index (χ0v) is 11.1. The average molecular weight is 283 g/mol. The molecule has 0 aliphatic carbocycles. The average Bonchev–Trinajstić information content (AvgIpc) is 2.40. The molecule has 0 spiro atoms. The Kier molecular flexibility index (Phi) is 5.59. The summed E-state index contributed by atoms with van der Waals surface area (Å²) in [6.45, 7) is 0.928. The molecule has 0 bridgehead atoms. The number of aryl methyl sites for hydroxylation is 1. The summed E-state index contributed by atoms with van der Waals surface area (Å²) in [6, 6.07) is 9.54. The predicted octanol–water partition coefficient (Wildman–Crippen LogP) is 2.79. The lowest BCUT2D eigenvalue weighted by atomic mass is 10.1. The SMILES string of the molecule is Cc1ccc(S(=O)(=O)O)cc1CF.c1ccncc1. The standard InChI is InChI=1S/C8H9FO3S.C5H5N/c1-6-2-3-8(13(10,11)12)4-7(6)5-9;1-2-4-6-5-3-1/h2-4H,5H2,1H3,(H,10,11,12);1-5H. The molecule has 1 aromatic carbocycles. The number of halogens is 1. The summed E-state index contributed by atoms with van der Waals surface area (Å²) in [6.07, 6.45) is 3.50. The molecule has 1 heterocycles. The van der Waals surface area contributed by atoms with Crippen molar-refractivity contribution in [3.8, 4) is 0 Å². The summed E-state index contributed by atoms with van der Waals surface area (Å²) in [4.78, 5) is 3.51. The van der Waals surface area contributed by atoms with E-state index >= 15 is 0 Å². The zero-order chi connectivity index (χ0) is 14.3. The highest BCUT2D eigenvalue weighted by Crippen LogP contribution is 2.15. The second-order valence-electron chi connectivity index (χ2n) is 3.72. The summed E-state index contributed by atoms with van der Waals surface area (Å²) in [7, 11) is -4.22. The quantitative estimate of drug-likeness (QED) is 0.861. The summed E-state index contributed by atoms with van der Waals surface area (Å²) in [5.41, 5.74) is 0.935. The van der Waals surface area contributed by atoms with Gasteiger partial charge >= 0.3 is 0 Å². The van der Waals surface area contributed by atoms with E-state index in [1.807, 2.05) is 18.2 Å². The molecule has 0 aliphatic heterocycles. The smallest absolute Gasteiger partial charge is 0.282 e. The van der Waals surface area contributed by atoms with Crippen LogP contribution in [0.2, 0.25) is 0 Å². The molecule has 0 unspecified atom stereocenters. The lowest BCUT2D eigenvalue weighted by molar-refractivity contribution is 0.477. The van der Waals surface area contributed by atoms with Gasteiger partial charge in [-0.2, -0.15) is 8.42 Å². The van der Waals surface area contributed by atoms with Gasteiger partial charge in [0.05, 0.1) is 4.90 Å². The van der Waals surface area contributed by atoms with E-state index in [4.69, 9.17) is 4.55 Å². The van der Waals surface area contributed by atoms with Gasteiger partial charge in [0.2, 0.25) is 0 Å². The minimum absolute atomic E-state index is 0.272. The number of benzene rings is 1. The fourth-order valence-corrected chi connectivity index (χ4v) is 1.80. The maximum atomic E-state index is 12.3. The fourth-order valence-electron chi connectivity index (χ4n) is 1.26. The Morgan fingerprint density at radius 3 is 2.21 bits per heavy atom. The van der Waals surface area contributed by atoms with Crippen LogP contribution in [0.5, 0.6) is 0 Å². The number of hydrogen-bond donors (Lipinski definition) is 1. The Labute approximate surface area is 111 Å². The first-order chi connectivity index (χ1) is 8.95. The lowest BCUT2D eigenvalue weighted by Gasteiger charge is -2.02. The molecule has 102 valence electrons. The van der Waals surface area contributed by atoms with E-state index in [0.717, 1.165) is 6.07 Å². The number of alkyl halides is 1. The maximum Gasteiger partial charge on any atom is 0.294 e. The first kappa shape index (κ1) is 15.3. The van der Waals surface area contributed by atoms with Crippen molar-refractivity contribution in [2.75, 3.05) is 0 Å². The number of hydrogen-bond acceptors (Lipinski definition) is 3. The van der Waals surface area contributed by atoms with Crippen LogP contribution in [-0.4, -0.2) is 18.0 Å². The first-order valence-electron chi connectivity index (χ1n) is 5.43. The Morgan fingerprint density at radius 2 is 1.84 bits per heavy atom. The van der Waals surface area contributed by atoms with Gasteiger partial charge in [0.1, 0.15) is 6.67 Å². The van der Waals surface area contributed by atoms with E-state index in [9.17, 15) is 12.8 Å². The van der Waals surface area contributed by atoms with Crippen molar-refractivity contribution in [2.45, 2.75) is 18.5 Å². The first-order valence-corrected chi connectivity index (χ1v) is 6.87. The van der Waals surface area contributed by atoms with E-state index in [0.29, 0.717) is 5.56 Å². The third-order valence-corrected chi connectivity index (χ3v) is 3.18. The van der Waals surface area contributed by atoms with Crippen LogP contribution in [-0.2, 0) is 16.8 Å². The molecule has 1 N–H and O–H groups in total. The monoisotopic (exact) mass is 283 g/mol. The van der Waals surface area contributed by atoms with Crippen molar-refractivity contribution in [3.05, 3.63) is 59.9 Å². The molecular weight excluding hydrogens is 269 g/mol. The van der Waals surface area contributed by atoms with Crippen LogP contribution in [0.3, 0.4) is 0 Å². The molecule has 2 rings (SSSR count). The Balaban J connectivity index is 0.000000250. The summed E-state index contributed by atoms with van der Waals surface area (Å²) in [5, 5.41) is 0. The maximum absolute atomic E-state index is 12.3. The van der Waals surface area contributed by atoms with Gasteiger partial charge in [-0.25, -0.2) is 4.39 Å². The largest absolute Gasteiger partial charge is 0.294 e. The minimum atomic E-state index is -4.22. The second-order valence-corrected chi connectivity index (χ2v) is 5.14. The van der Waals surface area contributed by atoms with Gasteiger partial charge in [-0.15, -0.1) is 0 Å². The van der Waals surface area contributed by atoms with Crippen molar-refractivity contribution in [1.29, 1.82) is 0 Å². The Hall–Kier alpha value is -1.79. The highest BCUT2D eigenvalue weighted by molar-refractivity contribution is 7.85. The molecule has 1 aromatic heterocycles. The van der Waals surface area contributed by atoms with Crippen molar-refractivity contribution in [1.82, 2.24) is 4.98 Å². The highest BCUT2D eigenvalue weighted by Gasteiger charge is 2.10. The van der Waals surface area contributed by atoms with E-state index in [1.165, 1.54) is 12.1 Å². The van der Waals surface area contributed by atoms with E-state index < -0.39 is 16.8 Å². The van der Waals surface area contributed by atoms with Crippen LogP contribution >= 0.6 is 0 Å². The molecule has 0 aliphatic rings. The summed E-state index contributed by atoms with van der Waals surface area (Å²) >= 11 is 0. The summed E-state index contributed by atoms with van der Waals surface area (Å²) in [5.74, 6) is 0. The predicted molar refractivity (Wildman–Crippen MR) is 70.0 cm³/mol. The van der Waals surface area contributed by atoms with Crippen LogP contribution in [0.25, 0.3) is 0 Å². The van der Waals surface area contributed by atoms with E-state index in [-0.39, 0.29) is 10.5 Å². The van der Waals surface area contributed by atoms with Gasteiger partial charge < -0.3 is 0 Å².